The molecule has 2 unspecified atom stereocenters. The number of rotatable bonds is 8. The average molecular weight is 362 g/mol. The van der Waals surface area contributed by atoms with E-state index in [2.05, 4.69) is 31.6 Å². The quantitative estimate of drug-likeness (QED) is 0.446. The molecule has 0 aromatic rings. The Morgan fingerprint density at radius 1 is 1.35 bits per heavy atom. The molecule has 4 nitrogen and oxygen atoms in total. The standard InChI is InChI=1S/C22H35NO3/c1-7-10-11-13-16-22(9-3,25-18-8-2)19-15-12-14-17-23(19)20(24)26-21(4,5)6/h3,8,10-11,19H,2,7,12-18H2,1,4-6H3/b11-10-. The fraction of sp³-hybridized carbons (Fsp3) is 0.682. The molecular formula is C22H35NO3. The van der Waals surface area contributed by atoms with Gasteiger partial charge in [0.25, 0.3) is 0 Å². The van der Waals surface area contributed by atoms with Crippen LogP contribution in [0.25, 0.3) is 0 Å². The summed E-state index contributed by atoms with van der Waals surface area (Å²) in [7, 11) is 0. The molecule has 1 saturated heterocycles. The molecule has 1 fully saturated rings. The number of piperidine rings is 1. The van der Waals surface area contributed by atoms with Gasteiger partial charge < -0.3 is 14.4 Å². The number of carbonyl (C=O) groups is 1. The third kappa shape index (κ3) is 6.53. The molecule has 0 N–H and O–H groups in total. The molecule has 26 heavy (non-hydrogen) atoms. The predicted molar refractivity (Wildman–Crippen MR) is 107 cm³/mol. The van der Waals surface area contributed by atoms with Gasteiger partial charge in [0.1, 0.15) is 11.2 Å². The van der Waals surface area contributed by atoms with Crippen LogP contribution in [-0.4, -0.2) is 41.4 Å². The maximum atomic E-state index is 12.8. The van der Waals surface area contributed by atoms with Gasteiger partial charge in [0, 0.05) is 6.54 Å². The van der Waals surface area contributed by atoms with Gasteiger partial charge in [-0.15, -0.1) is 13.0 Å². The van der Waals surface area contributed by atoms with E-state index in [9.17, 15) is 4.79 Å². The fourth-order valence-electron chi connectivity index (χ4n) is 3.29. The highest BCUT2D eigenvalue weighted by molar-refractivity contribution is 5.69. The second-order valence-electron chi connectivity index (χ2n) is 7.74. The second kappa shape index (κ2) is 10.4. The van der Waals surface area contributed by atoms with Crippen LogP contribution < -0.4 is 0 Å². The third-order valence-electron chi connectivity index (χ3n) is 4.46. The highest BCUT2D eigenvalue weighted by Gasteiger charge is 2.45. The minimum Gasteiger partial charge on any atom is -0.444 e. The number of carbonyl (C=O) groups excluding carboxylic acids is 1. The Labute approximate surface area is 159 Å². The lowest BCUT2D eigenvalue weighted by molar-refractivity contribution is -0.0734. The molecule has 1 aliphatic rings. The Morgan fingerprint density at radius 3 is 2.65 bits per heavy atom. The predicted octanol–water partition coefficient (Wildman–Crippen LogP) is 5.10. The van der Waals surface area contributed by atoms with Crippen LogP contribution in [0.2, 0.25) is 0 Å². The Morgan fingerprint density at radius 2 is 2.08 bits per heavy atom. The summed E-state index contributed by atoms with van der Waals surface area (Å²) >= 11 is 0. The largest absolute Gasteiger partial charge is 0.444 e. The van der Waals surface area contributed by atoms with Gasteiger partial charge >= 0.3 is 6.09 Å². The van der Waals surface area contributed by atoms with Gasteiger partial charge in [0.15, 0.2) is 0 Å². The van der Waals surface area contributed by atoms with Crippen molar-refractivity contribution in [2.45, 2.75) is 83.5 Å². The summed E-state index contributed by atoms with van der Waals surface area (Å²) in [5, 5.41) is 0. The van der Waals surface area contributed by atoms with Crippen molar-refractivity contribution in [3.8, 4) is 12.3 Å². The van der Waals surface area contributed by atoms with Crippen LogP contribution in [0.15, 0.2) is 24.8 Å². The number of hydrogen-bond acceptors (Lipinski definition) is 3. The highest BCUT2D eigenvalue weighted by atomic mass is 16.6. The number of nitrogens with zero attached hydrogens (tertiary/aromatic N) is 1. The van der Waals surface area contributed by atoms with Crippen molar-refractivity contribution >= 4 is 6.09 Å². The first-order valence-corrected chi connectivity index (χ1v) is 9.67. The van der Waals surface area contributed by atoms with Crippen LogP contribution in [0.3, 0.4) is 0 Å². The monoisotopic (exact) mass is 361 g/mol. The molecule has 4 heteroatoms. The smallest absolute Gasteiger partial charge is 0.410 e. The van der Waals surface area contributed by atoms with Crippen molar-refractivity contribution in [1.29, 1.82) is 0 Å². The molecule has 1 amide bonds. The fourth-order valence-corrected chi connectivity index (χ4v) is 3.29. The molecule has 0 radical (unpaired) electrons. The van der Waals surface area contributed by atoms with E-state index >= 15 is 0 Å². The number of ether oxygens (including phenoxy) is 2. The van der Waals surface area contributed by atoms with Gasteiger partial charge in [-0.3, -0.25) is 0 Å². The molecule has 0 saturated carbocycles. The van der Waals surface area contributed by atoms with E-state index in [1.807, 2.05) is 20.8 Å². The summed E-state index contributed by atoms with van der Waals surface area (Å²) in [6.07, 6.45) is 16.9. The minimum absolute atomic E-state index is 0.189. The zero-order valence-corrected chi connectivity index (χ0v) is 16.9. The first-order chi connectivity index (χ1) is 12.3. The summed E-state index contributed by atoms with van der Waals surface area (Å²) in [6.45, 7) is 12.5. The van der Waals surface area contributed by atoms with Crippen molar-refractivity contribution < 1.29 is 14.3 Å². The first kappa shape index (κ1) is 22.3. The van der Waals surface area contributed by atoms with Gasteiger partial charge in [-0.2, -0.15) is 0 Å². The molecule has 0 aromatic heterocycles. The molecule has 0 bridgehead atoms. The normalized spacial score (nSPS) is 20.4. The third-order valence-corrected chi connectivity index (χ3v) is 4.46. The molecule has 146 valence electrons. The lowest BCUT2D eigenvalue weighted by Crippen LogP contribution is -2.58. The maximum Gasteiger partial charge on any atom is 0.410 e. The zero-order chi connectivity index (χ0) is 19.6. The Bertz CT molecular complexity index is 526. The van der Waals surface area contributed by atoms with E-state index in [0.717, 1.165) is 32.1 Å². The topological polar surface area (TPSA) is 38.8 Å². The number of amides is 1. The Kier molecular flexibility index (Phi) is 8.95. The molecule has 2 atom stereocenters. The molecule has 1 heterocycles. The highest BCUT2D eigenvalue weighted by Crippen LogP contribution is 2.34. The lowest BCUT2D eigenvalue weighted by atomic mass is 9.83. The molecule has 0 aromatic carbocycles. The molecule has 1 rings (SSSR count). The van der Waals surface area contributed by atoms with E-state index in [4.69, 9.17) is 15.9 Å². The summed E-state index contributed by atoms with van der Waals surface area (Å²) in [5.74, 6) is 2.89. The van der Waals surface area contributed by atoms with E-state index in [1.54, 1.807) is 11.0 Å². The van der Waals surface area contributed by atoms with Crippen molar-refractivity contribution in [2.75, 3.05) is 13.2 Å². The summed E-state index contributed by atoms with van der Waals surface area (Å²) in [6, 6.07) is -0.189. The van der Waals surface area contributed by atoms with Gasteiger partial charge in [-0.05, 0) is 59.3 Å². The van der Waals surface area contributed by atoms with E-state index in [1.165, 1.54) is 0 Å². The van der Waals surface area contributed by atoms with Crippen molar-refractivity contribution in [1.82, 2.24) is 4.90 Å². The maximum absolute atomic E-state index is 12.8. The molecule has 1 aliphatic heterocycles. The lowest BCUT2D eigenvalue weighted by Gasteiger charge is -2.45. The Balaban J connectivity index is 3.08. The van der Waals surface area contributed by atoms with Crippen LogP contribution in [-0.2, 0) is 9.47 Å². The zero-order valence-electron chi connectivity index (χ0n) is 16.9. The van der Waals surface area contributed by atoms with Crippen molar-refractivity contribution in [2.24, 2.45) is 0 Å². The second-order valence-corrected chi connectivity index (χ2v) is 7.74. The molecular weight excluding hydrogens is 326 g/mol. The number of likely N-dealkylation sites (tertiary alicyclic amines) is 1. The van der Waals surface area contributed by atoms with Gasteiger partial charge in [-0.25, -0.2) is 4.79 Å². The van der Waals surface area contributed by atoms with E-state index < -0.39 is 11.2 Å². The Hall–Kier alpha value is -1.73. The van der Waals surface area contributed by atoms with Crippen LogP contribution in [0.1, 0.15) is 66.2 Å². The minimum atomic E-state index is -0.830. The molecule has 0 spiro atoms. The summed E-state index contributed by atoms with van der Waals surface area (Å²) in [5.41, 5.74) is -1.37. The molecule has 0 aliphatic carbocycles. The van der Waals surface area contributed by atoms with Gasteiger partial charge in [0.2, 0.25) is 0 Å². The van der Waals surface area contributed by atoms with Crippen molar-refractivity contribution in [3.63, 3.8) is 0 Å². The summed E-state index contributed by atoms with van der Waals surface area (Å²) in [4.78, 5) is 14.6. The van der Waals surface area contributed by atoms with Crippen LogP contribution >= 0.6 is 0 Å². The van der Waals surface area contributed by atoms with Crippen LogP contribution in [0.4, 0.5) is 4.79 Å². The SMILES string of the molecule is C#CC(CC/C=C\CC)(OCC=C)C1CCCCN1C(=O)OC(C)(C)C. The van der Waals surface area contributed by atoms with Crippen LogP contribution in [0, 0.1) is 12.3 Å². The average Bonchev–Trinajstić information content (AvgIpc) is 2.60. The number of allylic oxidation sites excluding steroid dienone is 2. The van der Waals surface area contributed by atoms with E-state index in [-0.39, 0.29) is 12.1 Å². The number of terminal acetylenes is 1. The number of hydrogen-bond donors (Lipinski definition) is 0. The van der Waals surface area contributed by atoms with Crippen molar-refractivity contribution in [3.05, 3.63) is 24.8 Å². The van der Waals surface area contributed by atoms with E-state index in [0.29, 0.717) is 19.6 Å². The van der Waals surface area contributed by atoms with Gasteiger partial charge in [0.05, 0.1) is 12.6 Å². The van der Waals surface area contributed by atoms with Crippen LogP contribution in [0.5, 0.6) is 0 Å². The summed E-state index contributed by atoms with van der Waals surface area (Å²) < 4.78 is 11.7. The van der Waals surface area contributed by atoms with Gasteiger partial charge in [-0.1, -0.05) is 31.1 Å². The first-order valence-electron chi connectivity index (χ1n) is 9.67.